The Bertz CT molecular complexity index is 167. The fraction of sp³-hybridized carbons (Fsp3) is 0. The summed E-state index contributed by atoms with van der Waals surface area (Å²) in [6.45, 7) is 0. The van der Waals surface area contributed by atoms with Crippen molar-refractivity contribution in [3.63, 3.8) is 0 Å². The molecule has 0 bridgehead atoms. The van der Waals surface area contributed by atoms with Crippen molar-refractivity contribution >= 4 is 22.3 Å². The van der Waals surface area contributed by atoms with E-state index in [-0.39, 0.29) is 11.0 Å². The molecule has 3 heteroatoms. The van der Waals surface area contributed by atoms with Crippen molar-refractivity contribution in [1.82, 2.24) is 0 Å². The number of para-hydroxylation sites is 2. The first-order chi connectivity index (χ1) is 3.80. The maximum Gasteiger partial charge on any atom is 0.0547 e. The minimum absolute atomic E-state index is 0. The lowest BCUT2D eigenvalue weighted by Crippen LogP contribution is -1.91. The van der Waals surface area contributed by atoms with E-state index in [4.69, 9.17) is 11.5 Å². The van der Waals surface area contributed by atoms with Crippen molar-refractivity contribution in [2.24, 2.45) is 0 Å². The summed E-state index contributed by atoms with van der Waals surface area (Å²) in [7, 11) is 0. The van der Waals surface area contributed by atoms with Gasteiger partial charge in [0.15, 0.2) is 0 Å². The molecule has 1 aromatic rings. The quantitative estimate of drug-likeness (QED) is 0.402. The van der Waals surface area contributed by atoms with Gasteiger partial charge in [-0.15, -0.1) is 0 Å². The second-order valence-electron chi connectivity index (χ2n) is 1.63. The van der Waals surface area contributed by atoms with Crippen LogP contribution in [0, 0.1) is 0 Å². The van der Waals surface area contributed by atoms with Gasteiger partial charge < -0.3 is 11.5 Å². The van der Waals surface area contributed by atoms with Crippen LogP contribution in [0.3, 0.4) is 0 Å². The molecule has 0 atom stereocenters. The highest BCUT2D eigenvalue weighted by Gasteiger charge is 1.85. The normalized spacial score (nSPS) is 8.00. The molecule has 1 rings (SSSR count). The maximum absolute atomic E-state index is 5.39. The molecule has 0 unspecified atom stereocenters. The minimum atomic E-state index is 0. The third-order valence-electron chi connectivity index (χ3n) is 0.996. The zero-order chi connectivity index (χ0) is 5.98. The van der Waals surface area contributed by atoms with E-state index in [1.807, 2.05) is 12.1 Å². The molecule has 0 aliphatic rings. The van der Waals surface area contributed by atoms with E-state index in [1.54, 1.807) is 12.1 Å². The molecule has 9 heavy (non-hydrogen) atoms. The molecule has 0 aromatic heterocycles. The first kappa shape index (κ1) is 8.04. The van der Waals surface area contributed by atoms with Gasteiger partial charge in [-0.25, -0.2) is 0 Å². The lowest BCUT2D eigenvalue weighted by atomic mass is 10.3. The van der Waals surface area contributed by atoms with Crippen molar-refractivity contribution in [3.05, 3.63) is 24.3 Å². The molecule has 1 aromatic carbocycles. The number of benzene rings is 1. The summed E-state index contributed by atoms with van der Waals surface area (Å²) in [5.74, 6) is 0. The van der Waals surface area contributed by atoms with Gasteiger partial charge in [0.2, 0.25) is 0 Å². The molecule has 2 nitrogen and oxygen atoms in total. The molecule has 0 amide bonds. The summed E-state index contributed by atoms with van der Waals surface area (Å²) >= 11 is 0. The Hall–Kier alpha value is -0.963. The summed E-state index contributed by atoms with van der Waals surface area (Å²) < 4.78 is 0. The highest BCUT2D eigenvalue weighted by molar-refractivity contribution is 5.75. The van der Waals surface area contributed by atoms with Crippen LogP contribution >= 0.6 is 0 Å². The summed E-state index contributed by atoms with van der Waals surface area (Å²) in [6.07, 6.45) is 0. The molecule has 0 fully saturated rings. The minimum Gasteiger partial charge on any atom is -0.397 e. The van der Waals surface area contributed by atoms with Crippen LogP contribution in [0.25, 0.3) is 0 Å². The monoisotopic (exact) mass is 136 g/mol. The van der Waals surface area contributed by atoms with Gasteiger partial charge in [0, 0.05) is 11.0 Å². The second kappa shape index (κ2) is 3.14. The van der Waals surface area contributed by atoms with Crippen molar-refractivity contribution in [2.75, 3.05) is 11.5 Å². The van der Waals surface area contributed by atoms with Crippen LogP contribution in [0.15, 0.2) is 24.3 Å². The standard InChI is InChI=1S/C6H8N2.Si/c7-5-3-1-2-4-6(5)8;/h1-4H,7-8H2;. The number of hydrogen-bond acceptors (Lipinski definition) is 2. The SMILES string of the molecule is Nc1ccccc1N.[Si]. The Balaban J connectivity index is 0.000000640. The molecule has 0 aliphatic heterocycles. The molecule has 0 saturated heterocycles. The number of rotatable bonds is 0. The molecule has 0 saturated carbocycles. The zero-order valence-corrected chi connectivity index (χ0v) is 5.96. The van der Waals surface area contributed by atoms with E-state index in [0.717, 1.165) is 0 Å². The van der Waals surface area contributed by atoms with E-state index in [1.165, 1.54) is 0 Å². The predicted molar refractivity (Wildman–Crippen MR) is 41.0 cm³/mol. The highest BCUT2D eigenvalue weighted by atomic mass is 28.1. The van der Waals surface area contributed by atoms with Gasteiger partial charge in [-0.2, -0.15) is 0 Å². The van der Waals surface area contributed by atoms with Crippen molar-refractivity contribution in [1.29, 1.82) is 0 Å². The Labute approximate surface area is 58.9 Å². The predicted octanol–water partition coefficient (Wildman–Crippen LogP) is 0.470. The van der Waals surface area contributed by atoms with Gasteiger partial charge in [0.05, 0.1) is 11.4 Å². The Morgan fingerprint density at radius 3 is 1.44 bits per heavy atom. The number of nitrogens with two attached hydrogens (primary N) is 2. The van der Waals surface area contributed by atoms with Crippen LogP contribution in [-0.4, -0.2) is 11.0 Å². The molecular formula is C6H8N2Si. The highest BCUT2D eigenvalue weighted by Crippen LogP contribution is 2.10. The lowest BCUT2D eigenvalue weighted by Gasteiger charge is -1.94. The molecule has 0 heterocycles. The summed E-state index contributed by atoms with van der Waals surface area (Å²) in [4.78, 5) is 0. The Morgan fingerprint density at radius 1 is 0.889 bits per heavy atom. The fourth-order valence-electron chi connectivity index (χ4n) is 0.511. The smallest absolute Gasteiger partial charge is 0.0547 e. The molecule has 0 aliphatic carbocycles. The van der Waals surface area contributed by atoms with Crippen LogP contribution in [0.4, 0.5) is 11.4 Å². The second-order valence-corrected chi connectivity index (χ2v) is 1.63. The maximum atomic E-state index is 5.39. The van der Waals surface area contributed by atoms with Gasteiger partial charge in [-0.05, 0) is 12.1 Å². The van der Waals surface area contributed by atoms with E-state index in [0.29, 0.717) is 11.4 Å². The van der Waals surface area contributed by atoms with Crippen molar-refractivity contribution in [3.8, 4) is 0 Å². The molecule has 46 valence electrons. The van der Waals surface area contributed by atoms with Gasteiger partial charge in [-0.3, -0.25) is 0 Å². The Morgan fingerprint density at radius 2 is 1.22 bits per heavy atom. The van der Waals surface area contributed by atoms with Gasteiger partial charge in [0.1, 0.15) is 0 Å². The van der Waals surface area contributed by atoms with Crippen molar-refractivity contribution in [2.45, 2.75) is 0 Å². The lowest BCUT2D eigenvalue weighted by molar-refractivity contribution is 1.67. The topological polar surface area (TPSA) is 52.0 Å². The summed E-state index contributed by atoms with van der Waals surface area (Å²) in [5.41, 5.74) is 12.1. The summed E-state index contributed by atoms with van der Waals surface area (Å²) in [6, 6.07) is 7.25. The van der Waals surface area contributed by atoms with Gasteiger partial charge >= 0.3 is 0 Å². The van der Waals surface area contributed by atoms with Gasteiger partial charge in [-0.1, -0.05) is 12.1 Å². The summed E-state index contributed by atoms with van der Waals surface area (Å²) in [5, 5.41) is 0. The molecular weight excluding hydrogens is 128 g/mol. The third-order valence-corrected chi connectivity index (χ3v) is 0.996. The molecule has 4 N–H and O–H groups in total. The molecule has 4 radical (unpaired) electrons. The number of anilines is 2. The van der Waals surface area contributed by atoms with E-state index < -0.39 is 0 Å². The fourth-order valence-corrected chi connectivity index (χ4v) is 0.511. The average molecular weight is 136 g/mol. The largest absolute Gasteiger partial charge is 0.397 e. The Kier molecular flexibility index (Phi) is 2.80. The number of nitrogen functional groups attached to an aromatic ring is 2. The van der Waals surface area contributed by atoms with Crippen LogP contribution in [0.5, 0.6) is 0 Å². The molecule has 0 spiro atoms. The van der Waals surface area contributed by atoms with E-state index in [2.05, 4.69) is 0 Å². The van der Waals surface area contributed by atoms with E-state index >= 15 is 0 Å². The van der Waals surface area contributed by atoms with Gasteiger partial charge in [0.25, 0.3) is 0 Å². The third kappa shape index (κ3) is 1.77. The average Bonchev–Trinajstić information content (AvgIpc) is 1.77. The van der Waals surface area contributed by atoms with Crippen molar-refractivity contribution < 1.29 is 0 Å². The first-order valence-corrected chi connectivity index (χ1v) is 2.40. The van der Waals surface area contributed by atoms with Crippen LogP contribution in [0.2, 0.25) is 0 Å². The van der Waals surface area contributed by atoms with Crippen LogP contribution < -0.4 is 11.5 Å². The number of hydrogen-bond donors (Lipinski definition) is 2. The first-order valence-electron chi connectivity index (χ1n) is 2.40. The van der Waals surface area contributed by atoms with Crippen LogP contribution in [-0.2, 0) is 0 Å². The van der Waals surface area contributed by atoms with Crippen LogP contribution in [0.1, 0.15) is 0 Å². The zero-order valence-electron chi connectivity index (χ0n) is 4.96. The van der Waals surface area contributed by atoms with E-state index in [9.17, 15) is 0 Å².